The summed E-state index contributed by atoms with van der Waals surface area (Å²) in [6.07, 6.45) is 0. The van der Waals surface area contributed by atoms with Crippen molar-refractivity contribution < 1.29 is 4.79 Å². The molecule has 3 nitrogen and oxygen atoms in total. The van der Waals surface area contributed by atoms with E-state index < -0.39 is 5.41 Å². The van der Waals surface area contributed by atoms with Crippen LogP contribution in [0.4, 0.5) is 0 Å². The van der Waals surface area contributed by atoms with Gasteiger partial charge in [-0.1, -0.05) is 67.5 Å². The molecule has 0 radical (unpaired) electrons. The second-order valence-electron chi connectivity index (χ2n) is 6.59. The van der Waals surface area contributed by atoms with Gasteiger partial charge in [-0.05, 0) is 48.5 Å². The molecule has 2 rings (SSSR count). The molecule has 7 heteroatoms. The molecule has 0 bridgehead atoms. The second-order valence-corrected chi connectivity index (χ2v) is 9.89. The van der Waals surface area contributed by atoms with Gasteiger partial charge in [-0.2, -0.15) is 5.26 Å². The number of benzene rings is 2. The van der Waals surface area contributed by atoms with E-state index in [1.54, 1.807) is 45.0 Å². The van der Waals surface area contributed by atoms with Crippen molar-refractivity contribution in [1.29, 1.82) is 5.26 Å². The lowest BCUT2D eigenvalue weighted by molar-refractivity contribution is -0.127. The van der Waals surface area contributed by atoms with E-state index in [4.69, 9.17) is 23.2 Å². The Morgan fingerprint density at radius 2 is 1.33 bits per heavy atom. The molecular weight excluding hydrogens is 419 g/mol. The number of carbonyl (C=O) groups is 1. The van der Waals surface area contributed by atoms with Crippen molar-refractivity contribution in [3.8, 4) is 6.07 Å². The van der Waals surface area contributed by atoms with Gasteiger partial charge in [-0.25, -0.2) is 0 Å². The maximum absolute atomic E-state index is 12.4. The molecule has 140 valence electrons. The van der Waals surface area contributed by atoms with Crippen LogP contribution in [0.2, 0.25) is 10.0 Å². The third-order valence-corrected chi connectivity index (χ3v) is 6.08. The Morgan fingerprint density at radius 3 is 1.67 bits per heavy atom. The summed E-state index contributed by atoms with van der Waals surface area (Å²) in [5.41, 5.74) is -0.391. The largest absolute Gasteiger partial charge is 0.315 e. The molecule has 0 aliphatic carbocycles. The molecule has 0 aromatic heterocycles. The summed E-state index contributed by atoms with van der Waals surface area (Å²) in [5, 5.41) is 13.7. The highest BCUT2D eigenvalue weighted by Crippen LogP contribution is 2.41. The molecule has 0 saturated heterocycles. The molecular formula is C20H18Cl2N2OS2. The van der Waals surface area contributed by atoms with Crippen molar-refractivity contribution >= 4 is 52.6 Å². The quantitative estimate of drug-likeness (QED) is 0.416. The van der Waals surface area contributed by atoms with E-state index in [1.165, 1.54) is 23.5 Å². The highest BCUT2D eigenvalue weighted by atomic mass is 35.5. The van der Waals surface area contributed by atoms with Crippen LogP contribution >= 0.6 is 46.7 Å². The summed E-state index contributed by atoms with van der Waals surface area (Å²) in [5.74, 6) is -0.218. The van der Waals surface area contributed by atoms with Crippen LogP contribution in [0.25, 0.3) is 0 Å². The van der Waals surface area contributed by atoms with Gasteiger partial charge < -0.3 is 5.32 Å². The Bertz CT molecular complexity index is 831. The van der Waals surface area contributed by atoms with Crippen molar-refractivity contribution in [2.24, 2.45) is 5.41 Å². The van der Waals surface area contributed by atoms with Gasteiger partial charge in [0.2, 0.25) is 5.91 Å². The first-order valence-corrected chi connectivity index (χ1v) is 10.4. The van der Waals surface area contributed by atoms with Crippen molar-refractivity contribution in [3.63, 3.8) is 0 Å². The van der Waals surface area contributed by atoms with Crippen LogP contribution in [0, 0.1) is 16.7 Å². The highest BCUT2D eigenvalue weighted by Gasteiger charge is 2.23. The van der Waals surface area contributed by atoms with Gasteiger partial charge in [0.15, 0.2) is 0 Å². The second kappa shape index (κ2) is 9.57. The molecule has 0 spiro atoms. The molecule has 0 saturated carbocycles. The summed E-state index contributed by atoms with van der Waals surface area (Å²) >= 11 is 14.7. The van der Waals surface area contributed by atoms with Crippen LogP contribution in [-0.4, -0.2) is 5.91 Å². The molecule has 0 aliphatic rings. The van der Waals surface area contributed by atoms with Crippen LogP contribution in [0.5, 0.6) is 0 Å². The van der Waals surface area contributed by atoms with Crippen molar-refractivity contribution in [2.75, 3.05) is 0 Å². The van der Waals surface area contributed by atoms with Crippen LogP contribution in [0.15, 0.2) is 68.3 Å². The lowest BCUT2D eigenvalue weighted by Crippen LogP contribution is -2.34. The Hall–Kier alpha value is -1.58. The van der Waals surface area contributed by atoms with Gasteiger partial charge in [-0.15, -0.1) is 0 Å². The minimum atomic E-state index is -0.608. The molecule has 0 heterocycles. The average molecular weight is 437 g/mol. The zero-order valence-corrected chi connectivity index (χ0v) is 18.2. The SMILES string of the molecule is CC(C)(C)C(=O)NC(C#N)=C(Sc1ccc(Cl)cc1)Sc1ccc(Cl)cc1. The van der Waals surface area contributed by atoms with E-state index in [2.05, 4.69) is 11.4 Å². The zero-order chi connectivity index (χ0) is 20.0. The lowest BCUT2D eigenvalue weighted by Gasteiger charge is -2.18. The number of allylic oxidation sites excluding steroid dienone is 1. The number of hydrogen-bond acceptors (Lipinski definition) is 4. The summed E-state index contributed by atoms with van der Waals surface area (Å²) in [4.78, 5) is 14.2. The summed E-state index contributed by atoms with van der Waals surface area (Å²) in [6.45, 7) is 5.40. The van der Waals surface area contributed by atoms with Crippen LogP contribution in [0.1, 0.15) is 20.8 Å². The Labute approximate surface area is 178 Å². The number of nitrogens with zero attached hydrogens (tertiary/aromatic N) is 1. The molecule has 0 fully saturated rings. The predicted octanol–water partition coefficient (Wildman–Crippen LogP) is 6.73. The number of amides is 1. The molecule has 0 aliphatic heterocycles. The van der Waals surface area contributed by atoms with Crippen LogP contribution in [-0.2, 0) is 4.79 Å². The smallest absolute Gasteiger partial charge is 0.230 e. The first-order valence-electron chi connectivity index (χ1n) is 8.01. The van der Waals surface area contributed by atoms with Crippen molar-refractivity contribution in [3.05, 3.63) is 68.5 Å². The fourth-order valence-electron chi connectivity index (χ4n) is 1.77. The first kappa shape index (κ1) is 21.7. The molecule has 27 heavy (non-hydrogen) atoms. The molecule has 2 aromatic rings. The fraction of sp³-hybridized carbons (Fsp3) is 0.200. The summed E-state index contributed by atoms with van der Waals surface area (Å²) in [6, 6.07) is 16.8. The highest BCUT2D eigenvalue weighted by molar-refractivity contribution is 8.22. The van der Waals surface area contributed by atoms with E-state index in [-0.39, 0.29) is 11.6 Å². The number of carbonyl (C=O) groups excluding carboxylic acids is 1. The monoisotopic (exact) mass is 436 g/mol. The van der Waals surface area contributed by atoms with Gasteiger partial charge in [0.1, 0.15) is 11.8 Å². The number of rotatable bonds is 5. The summed E-state index contributed by atoms with van der Waals surface area (Å²) in [7, 11) is 0. The summed E-state index contributed by atoms with van der Waals surface area (Å²) < 4.78 is 0.666. The third kappa shape index (κ3) is 6.82. The third-order valence-electron chi connectivity index (χ3n) is 3.28. The number of hydrogen-bond donors (Lipinski definition) is 1. The topological polar surface area (TPSA) is 52.9 Å². The van der Waals surface area contributed by atoms with Gasteiger partial charge in [0, 0.05) is 25.3 Å². The number of halogens is 2. The minimum Gasteiger partial charge on any atom is -0.315 e. The van der Waals surface area contributed by atoms with Gasteiger partial charge in [0.25, 0.3) is 0 Å². The molecule has 1 N–H and O–H groups in total. The Morgan fingerprint density at radius 1 is 0.926 bits per heavy atom. The minimum absolute atomic E-state index is 0.217. The van der Waals surface area contributed by atoms with Gasteiger partial charge >= 0.3 is 0 Å². The number of nitriles is 1. The Balaban J connectivity index is 2.39. The van der Waals surface area contributed by atoms with E-state index in [9.17, 15) is 10.1 Å². The van der Waals surface area contributed by atoms with Crippen molar-refractivity contribution in [2.45, 2.75) is 30.6 Å². The zero-order valence-electron chi connectivity index (χ0n) is 15.0. The fourth-order valence-corrected chi connectivity index (χ4v) is 4.13. The normalized spacial score (nSPS) is 10.8. The van der Waals surface area contributed by atoms with E-state index in [0.717, 1.165) is 9.79 Å². The molecule has 0 atom stereocenters. The van der Waals surface area contributed by atoms with Gasteiger partial charge in [0.05, 0.1) is 4.24 Å². The Kier molecular flexibility index (Phi) is 7.69. The average Bonchev–Trinajstić information content (AvgIpc) is 2.61. The van der Waals surface area contributed by atoms with Crippen LogP contribution in [0.3, 0.4) is 0 Å². The maximum atomic E-state index is 12.4. The molecule has 1 amide bonds. The lowest BCUT2D eigenvalue weighted by atomic mass is 9.96. The van der Waals surface area contributed by atoms with E-state index >= 15 is 0 Å². The molecule has 0 unspecified atom stereocenters. The molecule has 2 aromatic carbocycles. The van der Waals surface area contributed by atoms with E-state index in [1.807, 2.05) is 24.3 Å². The first-order chi connectivity index (χ1) is 12.7. The van der Waals surface area contributed by atoms with Crippen LogP contribution < -0.4 is 5.32 Å². The van der Waals surface area contributed by atoms with Gasteiger partial charge in [-0.3, -0.25) is 4.79 Å². The standard InChI is InChI=1S/C20H18Cl2N2OS2/c1-20(2,3)19(25)24-17(12-23)18(26-15-8-4-13(21)5-9-15)27-16-10-6-14(22)7-11-16/h4-11H,1-3H3,(H,24,25). The number of thioether (sulfide) groups is 2. The number of nitrogens with one attached hydrogen (secondary N) is 1. The maximum Gasteiger partial charge on any atom is 0.230 e. The van der Waals surface area contributed by atoms with Crippen molar-refractivity contribution in [1.82, 2.24) is 5.32 Å². The van der Waals surface area contributed by atoms with E-state index in [0.29, 0.717) is 14.3 Å². The predicted molar refractivity (Wildman–Crippen MR) is 115 cm³/mol.